The van der Waals surface area contributed by atoms with Crippen molar-refractivity contribution >= 4 is 23.2 Å². The van der Waals surface area contributed by atoms with Crippen molar-refractivity contribution in [2.45, 2.75) is 18.4 Å². The molecule has 1 heterocycles. The van der Waals surface area contributed by atoms with E-state index in [2.05, 4.69) is 0 Å². The molecular weight excluding hydrogens is 438 g/mol. The lowest BCUT2D eigenvalue weighted by molar-refractivity contribution is -0.578. The first-order valence-corrected chi connectivity index (χ1v) is 10.8. The summed E-state index contributed by atoms with van der Waals surface area (Å²) in [4.78, 5) is 52.0. The summed E-state index contributed by atoms with van der Waals surface area (Å²) in [6, 6.07) is 17.9. The second kappa shape index (κ2) is 6.57. The number of benzene rings is 3. The predicted molar refractivity (Wildman–Crippen MR) is 120 cm³/mol. The molecule has 9 heteroatoms. The smallest absolute Gasteiger partial charge is 0.274 e. The number of hydrogen-bond donors (Lipinski definition) is 0. The number of nitro benzene ring substituents is 1. The fraction of sp³-hybridized carbons (Fsp3) is 0.200. The molecule has 1 fully saturated rings. The molecule has 0 aromatic heterocycles. The largest absolute Gasteiger partial charge is 0.285 e. The van der Waals surface area contributed by atoms with Gasteiger partial charge in [0.2, 0.25) is 11.8 Å². The van der Waals surface area contributed by atoms with Crippen LogP contribution in [0.4, 0.5) is 11.4 Å². The second-order valence-electron chi connectivity index (χ2n) is 8.92. The molecule has 0 saturated carbocycles. The third-order valence-electron chi connectivity index (χ3n) is 7.51. The van der Waals surface area contributed by atoms with Gasteiger partial charge in [0.15, 0.2) is 0 Å². The summed E-state index contributed by atoms with van der Waals surface area (Å²) in [6.45, 7) is 1.56. The van der Waals surface area contributed by atoms with Gasteiger partial charge >= 0.3 is 0 Å². The van der Waals surface area contributed by atoms with Gasteiger partial charge in [-0.15, -0.1) is 0 Å². The van der Waals surface area contributed by atoms with E-state index in [-0.39, 0.29) is 11.4 Å². The van der Waals surface area contributed by atoms with Crippen LogP contribution in [0, 0.1) is 39.0 Å². The zero-order chi connectivity index (χ0) is 23.9. The molecular formula is C25H17N3O6. The molecule has 7 rings (SSSR count). The molecule has 34 heavy (non-hydrogen) atoms. The van der Waals surface area contributed by atoms with Crippen molar-refractivity contribution in [3.63, 3.8) is 0 Å². The van der Waals surface area contributed by atoms with Crippen molar-refractivity contribution in [2.24, 2.45) is 11.8 Å². The minimum atomic E-state index is -1.93. The maximum atomic E-state index is 13.9. The Kier molecular flexibility index (Phi) is 3.91. The Morgan fingerprint density at radius 1 is 0.853 bits per heavy atom. The molecule has 1 aliphatic heterocycles. The van der Waals surface area contributed by atoms with Crippen LogP contribution in [0.15, 0.2) is 66.7 Å². The van der Waals surface area contributed by atoms with E-state index in [4.69, 9.17) is 0 Å². The van der Waals surface area contributed by atoms with Crippen LogP contribution in [0.3, 0.4) is 0 Å². The Labute approximate surface area is 192 Å². The molecule has 3 aromatic rings. The number of anilines is 1. The monoisotopic (exact) mass is 455 g/mol. The zero-order valence-corrected chi connectivity index (χ0v) is 17.9. The van der Waals surface area contributed by atoms with Gasteiger partial charge < -0.3 is 0 Å². The summed E-state index contributed by atoms with van der Waals surface area (Å²) in [5, 5.41) is 24.4. The molecule has 3 aliphatic carbocycles. The summed E-state index contributed by atoms with van der Waals surface area (Å²) in [5.74, 6) is -4.05. The van der Waals surface area contributed by atoms with Crippen molar-refractivity contribution in [1.82, 2.24) is 0 Å². The number of carbonyl (C=O) groups is 2. The van der Waals surface area contributed by atoms with Crippen LogP contribution in [-0.4, -0.2) is 21.7 Å². The van der Waals surface area contributed by atoms with Crippen LogP contribution < -0.4 is 4.90 Å². The first-order valence-electron chi connectivity index (χ1n) is 10.8. The number of amides is 2. The Bertz CT molecular complexity index is 1420. The maximum Gasteiger partial charge on any atom is 0.285 e. The topological polar surface area (TPSA) is 124 Å². The number of hydrogen-bond acceptors (Lipinski definition) is 6. The van der Waals surface area contributed by atoms with Crippen LogP contribution >= 0.6 is 0 Å². The lowest BCUT2D eigenvalue weighted by Crippen LogP contribution is -2.57. The van der Waals surface area contributed by atoms with Gasteiger partial charge in [0.1, 0.15) is 5.92 Å². The van der Waals surface area contributed by atoms with Crippen LogP contribution in [0.1, 0.15) is 33.7 Å². The van der Waals surface area contributed by atoms with Gasteiger partial charge in [-0.05, 0) is 24.1 Å². The SMILES string of the molecule is Cc1ccc(N2C(=O)[C@H]3C4c5ccccc5C([N+](=O)[O-])(c5ccccc54)[C@H]3C2=O)cc1[N+](=O)[O-]. The van der Waals surface area contributed by atoms with E-state index in [1.54, 1.807) is 55.5 Å². The highest BCUT2D eigenvalue weighted by molar-refractivity contribution is 6.23. The molecule has 3 aromatic carbocycles. The van der Waals surface area contributed by atoms with Crippen molar-refractivity contribution < 1.29 is 19.4 Å². The summed E-state index contributed by atoms with van der Waals surface area (Å²) >= 11 is 0. The molecule has 0 radical (unpaired) electrons. The lowest BCUT2D eigenvalue weighted by atomic mass is 9.51. The van der Waals surface area contributed by atoms with E-state index in [0.717, 1.165) is 4.90 Å². The van der Waals surface area contributed by atoms with E-state index < -0.39 is 45.0 Å². The fourth-order valence-electron chi connectivity index (χ4n) is 6.23. The number of carbonyl (C=O) groups excluding carboxylic acids is 2. The molecule has 0 spiro atoms. The Morgan fingerprint density at radius 2 is 1.44 bits per heavy atom. The molecule has 2 bridgehead atoms. The molecule has 4 aliphatic rings. The lowest BCUT2D eigenvalue weighted by Gasteiger charge is -2.48. The van der Waals surface area contributed by atoms with E-state index in [0.29, 0.717) is 27.8 Å². The summed E-state index contributed by atoms with van der Waals surface area (Å²) in [5.41, 5.74) is 0.441. The Morgan fingerprint density at radius 3 is 2.00 bits per heavy atom. The number of nitrogens with zero attached hydrogens (tertiary/aromatic N) is 3. The van der Waals surface area contributed by atoms with E-state index >= 15 is 0 Å². The van der Waals surface area contributed by atoms with Crippen LogP contribution in [-0.2, 0) is 15.1 Å². The number of imide groups is 1. The van der Waals surface area contributed by atoms with Gasteiger partial charge in [-0.3, -0.25) is 29.8 Å². The quantitative estimate of drug-likeness (QED) is 0.337. The molecule has 9 nitrogen and oxygen atoms in total. The van der Waals surface area contributed by atoms with Crippen molar-refractivity contribution in [3.8, 4) is 0 Å². The average Bonchev–Trinajstić information content (AvgIpc) is 3.10. The van der Waals surface area contributed by atoms with Crippen molar-refractivity contribution in [3.05, 3.63) is 115 Å². The average molecular weight is 455 g/mol. The highest BCUT2D eigenvalue weighted by atomic mass is 16.6. The third-order valence-corrected chi connectivity index (χ3v) is 7.51. The third kappa shape index (κ3) is 2.18. The molecule has 0 N–H and O–H groups in total. The minimum absolute atomic E-state index is 0.0488. The highest BCUT2D eigenvalue weighted by Gasteiger charge is 2.74. The standard InChI is InChI=1S/C25H17N3O6/c1-13-10-11-14(12-19(13)27(31)32)26-23(29)21-20-15-6-2-4-8-17(15)25(28(33)34,22(21)24(26)30)18-9-5-3-7-16(18)20/h2-12,20-22H,1H3/t20?,21-,22+,25?/m0/s1. The first kappa shape index (κ1) is 20.2. The Hall–Kier alpha value is -4.40. The van der Waals surface area contributed by atoms with Gasteiger partial charge in [0.25, 0.3) is 11.2 Å². The van der Waals surface area contributed by atoms with Gasteiger partial charge in [-0.2, -0.15) is 0 Å². The second-order valence-corrected chi connectivity index (χ2v) is 8.92. The van der Waals surface area contributed by atoms with Crippen molar-refractivity contribution in [2.75, 3.05) is 4.90 Å². The van der Waals surface area contributed by atoms with Gasteiger partial charge in [-0.25, -0.2) is 4.90 Å². The van der Waals surface area contributed by atoms with Crippen LogP contribution in [0.5, 0.6) is 0 Å². The summed E-state index contributed by atoms with van der Waals surface area (Å²) < 4.78 is 0. The maximum absolute atomic E-state index is 13.9. The fourth-order valence-corrected chi connectivity index (χ4v) is 6.23. The van der Waals surface area contributed by atoms with Crippen LogP contribution in [0.2, 0.25) is 0 Å². The minimum Gasteiger partial charge on any atom is -0.274 e. The van der Waals surface area contributed by atoms with Gasteiger partial charge in [0, 0.05) is 33.6 Å². The number of aryl methyl sites for hydroxylation is 1. The molecule has 2 amide bonds. The Balaban J connectivity index is 1.63. The van der Waals surface area contributed by atoms with E-state index in [9.17, 15) is 29.8 Å². The highest BCUT2D eigenvalue weighted by Crippen LogP contribution is 2.64. The molecule has 1 saturated heterocycles. The number of rotatable bonds is 3. The molecule has 2 atom stereocenters. The normalized spacial score (nSPS) is 26.1. The molecule has 0 unspecified atom stereocenters. The van der Waals surface area contributed by atoms with Crippen LogP contribution in [0.25, 0.3) is 0 Å². The van der Waals surface area contributed by atoms with Gasteiger partial charge in [0.05, 0.1) is 16.5 Å². The van der Waals surface area contributed by atoms with E-state index in [1.165, 1.54) is 18.2 Å². The van der Waals surface area contributed by atoms with E-state index in [1.807, 2.05) is 0 Å². The molecule has 168 valence electrons. The summed E-state index contributed by atoms with van der Waals surface area (Å²) in [6.07, 6.45) is 0. The number of nitro groups is 2. The predicted octanol–water partition coefficient (Wildman–Crippen LogP) is 3.69. The zero-order valence-electron chi connectivity index (χ0n) is 17.9. The summed E-state index contributed by atoms with van der Waals surface area (Å²) in [7, 11) is 0. The van der Waals surface area contributed by atoms with Crippen molar-refractivity contribution in [1.29, 1.82) is 0 Å². The first-order chi connectivity index (χ1) is 16.3. The van der Waals surface area contributed by atoms with Gasteiger partial charge in [-0.1, -0.05) is 54.6 Å².